The van der Waals surface area contributed by atoms with Crippen molar-refractivity contribution in [1.82, 2.24) is 25.3 Å². The molecule has 2 rings (SSSR count). The fourth-order valence-corrected chi connectivity index (χ4v) is 2.18. The number of aryl methyl sites for hydroxylation is 3. The molecule has 0 bridgehead atoms. The van der Waals surface area contributed by atoms with Gasteiger partial charge in [-0.05, 0) is 38.3 Å². The van der Waals surface area contributed by atoms with Crippen LogP contribution < -0.4 is 5.32 Å². The molecule has 0 aliphatic carbocycles. The number of carbonyl (C=O) groups excluding carboxylic acids is 1. The Labute approximate surface area is 130 Å². The van der Waals surface area contributed by atoms with E-state index < -0.39 is 0 Å². The van der Waals surface area contributed by atoms with E-state index in [2.05, 4.69) is 27.5 Å². The summed E-state index contributed by atoms with van der Waals surface area (Å²) < 4.78 is 1.84. The normalized spacial score (nSPS) is 10.6. The van der Waals surface area contributed by atoms with E-state index in [9.17, 15) is 4.79 Å². The molecule has 0 fully saturated rings. The summed E-state index contributed by atoms with van der Waals surface area (Å²) in [5.41, 5.74) is 2.42. The first-order valence-electron chi connectivity index (χ1n) is 7.79. The molecule has 0 saturated carbocycles. The molecule has 0 aromatic carbocycles. The molecule has 0 unspecified atom stereocenters. The van der Waals surface area contributed by atoms with E-state index in [0.29, 0.717) is 12.1 Å². The maximum atomic E-state index is 12.0. The van der Waals surface area contributed by atoms with Crippen molar-refractivity contribution in [3.8, 4) is 0 Å². The fraction of sp³-hybridized carbons (Fsp3) is 0.500. The number of hydrogen-bond acceptors (Lipinski definition) is 4. The van der Waals surface area contributed by atoms with Crippen molar-refractivity contribution in [2.75, 3.05) is 6.54 Å². The molecule has 2 heterocycles. The van der Waals surface area contributed by atoms with Crippen LogP contribution in [0, 0.1) is 6.92 Å². The topological polar surface area (TPSA) is 72.7 Å². The Hall–Kier alpha value is -2.24. The third-order valence-electron chi connectivity index (χ3n) is 3.47. The van der Waals surface area contributed by atoms with Crippen molar-refractivity contribution in [2.24, 2.45) is 0 Å². The Kier molecular flexibility index (Phi) is 6.06. The van der Waals surface area contributed by atoms with Gasteiger partial charge in [-0.3, -0.25) is 14.5 Å². The summed E-state index contributed by atoms with van der Waals surface area (Å²) >= 11 is 0. The standard InChI is InChI=1S/C16H23N5O/c1-3-4-7-14-12-21(20-19-14)11-6-10-18-16(22)15-8-5-9-17-13(15)2/h5,8-9,12H,3-4,6-7,10-11H2,1-2H3,(H,18,22). The second-order valence-electron chi connectivity index (χ2n) is 5.32. The third kappa shape index (κ3) is 4.65. The molecule has 2 aromatic rings. The molecule has 0 aliphatic heterocycles. The number of hydrogen-bond donors (Lipinski definition) is 1. The molecular formula is C16H23N5O. The summed E-state index contributed by atoms with van der Waals surface area (Å²) in [6.07, 6.45) is 7.77. The van der Waals surface area contributed by atoms with E-state index in [0.717, 1.165) is 43.6 Å². The third-order valence-corrected chi connectivity index (χ3v) is 3.47. The van der Waals surface area contributed by atoms with Crippen molar-refractivity contribution in [3.63, 3.8) is 0 Å². The van der Waals surface area contributed by atoms with Crippen LogP contribution in [0.1, 0.15) is 47.9 Å². The minimum atomic E-state index is -0.0761. The van der Waals surface area contributed by atoms with E-state index in [-0.39, 0.29) is 5.91 Å². The van der Waals surface area contributed by atoms with Crippen LogP contribution >= 0.6 is 0 Å². The quantitative estimate of drug-likeness (QED) is 0.758. The van der Waals surface area contributed by atoms with Gasteiger partial charge in [-0.2, -0.15) is 0 Å². The summed E-state index contributed by atoms with van der Waals surface area (Å²) in [7, 11) is 0. The minimum absolute atomic E-state index is 0.0761. The Morgan fingerprint density at radius 3 is 3.00 bits per heavy atom. The number of nitrogens with one attached hydrogen (secondary N) is 1. The van der Waals surface area contributed by atoms with Crippen LogP contribution in [-0.2, 0) is 13.0 Å². The van der Waals surface area contributed by atoms with Gasteiger partial charge in [0.05, 0.1) is 11.3 Å². The van der Waals surface area contributed by atoms with Crippen LogP contribution in [0.25, 0.3) is 0 Å². The van der Waals surface area contributed by atoms with Crippen LogP contribution in [0.15, 0.2) is 24.5 Å². The van der Waals surface area contributed by atoms with Gasteiger partial charge in [-0.15, -0.1) is 5.10 Å². The predicted octanol–water partition coefficient (Wildman–Crippen LogP) is 2.14. The summed E-state index contributed by atoms with van der Waals surface area (Å²) in [6.45, 7) is 5.36. The van der Waals surface area contributed by atoms with Gasteiger partial charge >= 0.3 is 0 Å². The van der Waals surface area contributed by atoms with Gasteiger partial charge in [0.2, 0.25) is 0 Å². The lowest BCUT2D eigenvalue weighted by atomic mass is 10.2. The second kappa shape index (κ2) is 8.26. The summed E-state index contributed by atoms with van der Waals surface area (Å²) in [5, 5.41) is 11.2. The highest BCUT2D eigenvalue weighted by atomic mass is 16.1. The van der Waals surface area contributed by atoms with Crippen molar-refractivity contribution in [3.05, 3.63) is 41.5 Å². The van der Waals surface area contributed by atoms with Gasteiger partial charge in [0.15, 0.2) is 0 Å². The highest BCUT2D eigenvalue weighted by molar-refractivity contribution is 5.95. The Morgan fingerprint density at radius 2 is 2.23 bits per heavy atom. The lowest BCUT2D eigenvalue weighted by Crippen LogP contribution is -2.26. The first-order chi connectivity index (χ1) is 10.7. The maximum absolute atomic E-state index is 12.0. The summed E-state index contributed by atoms with van der Waals surface area (Å²) in [5.74, 6) is -0.0761. The molecule has 0 saturated heterocycles. The van der Waals surface area contributed by atoms with Crippen molar-refractivity contribution in [2.45, 2.75) is 46.1 Å². The first-order valence-corrected chi connectivity index (χ1v) is 7.79. The summed E-state index contributed by atoms with van der Waals surface area (Å²) in [6, 6.07) is 3.56. The van der Waals surface area contributed by atoms with Crippen LogP contribution in [-0.4, -0.2) is 32.4 Å². The Bertz CT molecular complexity index is 608. The number of pyridine rings is 1. The number of amides is 1. The van der Waals surface area contributed by atoms with Gasteiger partial charge in [-0.25, -0.2) is 0 Å². The average Bonchev–Trinajstić information content (AvgIpc) is 2.97. The zero-order valence-corrected chi connectivity index (χ0v) is 13.2. The molecule has 22 heavy (non-hydrogen) atoms. The molecule has 1 N–H and O–H groups in total. The molecule has 1 amide bonds. The second-order valence-corrected chi connectivity index (χ2v) is 5.32. The van der Waals surface area contributed by atoms with E-state index in [4.69, 9.17) is 0 Å². The fourth-order valence-electron chi connectivity index (χ4n) is 2.18. The highest BCUT2D eigenvalue weighted by Crippen LogP contribution is 2.03. The minimum Gasteiger partial charge on any atom is -0.352 e. The van der Waals surface area contributed by atoms with Gasteiger partial charge in [0.1, 0.15) is 0 Å². The molecular weight excluding hydrogens is 278 g/mol. The van der Waals surface area contributed by atoms with Crippen molar-refractivity contribution < 1.29 is 4.79 Å². The van der Waals surface area contributed by atoms with E-state index in [1.165, 1.54) is 0 Å². The van der Waals surface area contributed by atoms with Crippen molar-refractivity contribution >= 4 is 5.91 Å². The van der Waals surface area contributed by atoms with Gasteiger partial charge < -0.3 is 5.32 Å². The Balaban J connectivity index is 1.72. The zero-order chi connectivity index (χ0) is 15.8. The Morgan fingerprint density at radius 1 is 1.36 bits per heavy atom. The highest BCUT2D eigenvalue weighted by Gasteiger charge is 2.08. The number of carbonyl (C=O) groups is 1. The van der Waals surface area contributed by atoms with Crippen LogP contribution in [0.3, 0.4) is 0 Å². The van der Waals surface area contributed by atoms with Gasteiger partial charge in [0, 0.05) is 31.2 Å². The molecule has 6 heteroatoms. The SMILES string of the molecule is CCCCc1cn(CCCNC(=O)c2cccnc2C)nn1. The van der Waals surface area contributed by atoms with Gasteiger partial charge in [0.25, 0.3) is 5.91 Å². The van der Waals surface area contributed by atoms with Crippen molar-refractivity contribution in [1.29, 1.82) is 0 Å². The smallest absolute Gasteiger partial charge is 0.253 e. The number of rotatable bonds is 8. The monoisotopic (exact) mass is 301 g/mol. The predicted molar refractivity (Wildman–Crippen MR) is 84.6 cm³/mol. The van der Waals surface area contributed by atoms with Gasteiger partial charge in [-0.1, -0.05) is 18.6 Å². The lowest BCUT2D eigenvalue weighted by Gasteiger charge is -2.06. The average molecular weight is 301 g/mol. The zero-order valence-electron chi connectivity index (χ0n) is 13.2. The lowest BCUT2D eigenvalue weighted by molar-refractivity contribution is 0.0951. The molecule has 2 aromatic heterocycles. The number of nitrogens with zero attached hydrogens (tertiary/aromatic N) is 4. The molecule has 0 aliphatic rings. The number of aromatic nitrogens is 4. The largest absolute Gasteiger partial charge is 0.352 e. The summed E-state index contributed by atoms with van der Waals surface area (Å²) in [4.78, 5) is 16.1. The van der Waals surface area contributed by atoms with E-state index in [1.54, 1.807) is 18.3 Å². The van der Waals surface area contributed by atoms with E-state index in [1.807, 2.05) is 17.8 Å². The van der Waals surface area contributed by atoms with Crippen LogP contribution in [0.5, 0.6) is 0 Å². The van der Waals surface area contributed by atoms with E-state index >= 15 is 0 Å². The maximum Gasteiger partial charge on any atom is 0.253 e. The van der Waals surface area contributed by atoms with Crippen LogP contribution in [0.2, 0.25) is 0 Å². The van der Waals surface area contributed by atoms with Crippen LogP contribution in [0.4, 0.5) is 0 Å². The first kappa shape index (κ1) is 16.1. The number of unbranched alkanes of at least 4 members (excludes halogenated alkanes) is 1. The molecule has 0 atom stereocenters. The molecule has 0 spiro atoms. The molecule has 6 nitrogen and oxygen atoms in total. The molecule has 118 valence electrons. The molecule has 0 radical (unpaired) electrons.